The predicted octanol–water partition coefficient (Wildman–Crippen LogP) is 3.04. The molecule has 2 aromatic rings. The van der Waals surface area contributed by atoms with E-state index in [1.165, 1.54) is 6.07 Å². The summed E-state index contributed by atoms with van der Waals surface area (Å²) in [5.74, 6) is -2.85. The van der Waals surface area contributed by atoms with Crippen molar-refractivity contribution >= 4 is 22.4 Å². The molecular formula is C12H10F2N2O2S. The lowest BCUT2D eigenvalue weighted by molar-refractivity contribution is 0.0701. The lowest BCUT2D eigenvalue weighted by atomic mass is 10.2. The minimum atomic E-state index is -1.03. The Bertz CT molecular complexity index is 628. The third-order valence-electron chi connectivity index (χ3n) is 2.42. The first-order valence-corrected chi connectivity index (χ1v) is 6.17. The molecule has 1 heterocycles. The Balaban J connectivity index is 2.08. The van der Waals surface area contributed by atoms with E-state index in [0.29, 0.717) is 16.4 Å². The summed E-state index contributed by atoms with van der Waals surface area (Å²) in [7, 11) is 0. The van der Waals surface area contributed by atoms with E-state index in [1.807, 2.05) is 0 Å². The maximum Gasteiger partial charge on any atom is 0.347 e. The second-order valence-electron chi connectivity index (χ2n) is 3.84. The third-order valence-corrected chi connectivity index (χ3v) is 3.52. The molecule has 0 radical (unpaired) electrons. The second kappa shape index (κ2) is 5.31. The normalized spacial score (nSPS) is 10.5. The first-order valence-electron chi connectivity index (χ1n) is 5.36. The van der Waals surface area contributed by atoms with Crippen LogP contribution < -0.4 is 5.32 Å². The molecule has 19 heavy (non-hydrogen) atoms. The Labute approximate surface area is 111 Å². The van der Waals surface area contributed by atoms with Crippen molar-refractivity contribution in [1.82, 2.24) is 4.98 Å². The van der Waals surface area contributed by atoms with Gasteiger partial charge in [-0.2, -0.15) is 0 Å². The van der Waals surface area contributed by atoms with Crippen molar-refractivity contribution in [3.63, 3.8) is 0 Å². The van der Waals surface area contributed by atoms with Crippen LogP contribution in [0.4, 0.5) is 13.9 Å². The Morgan fingerprint density at radius 2 is 2.16 bits per heavy atom. The van der Waals surface area contributed by atoms with Crippen LogP contribution >= 0.6 is 11.3 Å². The van der Waals surface area contributed by atoms with E-state index < -0.39 is 17.6 Å². The average Bonchev–Trinajstić information content (AvgIpc) is 2.72. The van der Waals surface area contributed by atoms with Gasteiger partial charge in [0.15, 0.2) is 16.8 Å². The van der Waals surface area contributed by atoms with Crippen molar-refractivity contribution in [2.24, 2.45) is 0 Å². The molecule has 0 saturated carbocycles. The van der Waals surface area contributed by atoms with Crippen molar-refractivity contribution in [3.05, 3.63) is 46.0 Å². The molecule has 100 valence electrons. The number of hydrogen-bond acceptors (Lipinski definition) is 4. The highest BCUT2D eigenvalue weighted by Crippen LogP contribution is 2.23. The van der Waals surface area contributed by atoms with Gasteiger partial charge in [-0.15, -0.1) is 0 Å². The molecule has 0 aliphatic rings. The maximum atomic E-state index is 13.0. The SMILES string of the molecule is Cc1nc(NCc2ccc(F)c(F)c2)sc1C(=O)O. The topological polar surface area (TPSA) is 62.2 Å². The van der Waals surface area contributed by atoms with Crippen molar-refractivity contribution < 1.29 is 18.7 Å². The summed E-state index contributed by atoms with van der Waals surface area (Å²) in [6, 6.07) is 3.58. The van der Waals surface area contributed by atoms with Gasteiger partial charge in [-0.25, -0.2) is 18.6 Å². The number of aryl methyl sites for hydroxylation is 1. The Morgan fingerprint density at radius 3 is 2.74 bits per heavy atom. The van der Waals surface area contributed by atoms with Crippen molar-refractivity contribution in [2.45, 2.75) is 13.5 Å². The fourth-order valence-electron chi connectivity index (χ4n) is 1.50. The minimum Gasteiger partial charge on any atom is -0.477 e. The van der Waals surface area contributed by atoms with Crippen molar-refractivity contribution in [1.29, 1.82) is 0 Å². The van der Waals surface area contributed by atoms with E-state index in [0.717, 1.165) is 23.5 Å². The molecule has 0 aliphatic carbocycles. The molecule has 0 bridgehead atoms. The summed E-state index contributed by atoms with van der Waals surface area (Å²) in [4.78, 5) is 15.0. The second-order valence-corrected chi connectivity index (χ2v) is 4.84. The molecule has 0 saturated heterocycles. The average molecular weight is 284 g/mol. The van der Waals surface area contributed by atoms with Crippen LogP contribution in [0.5, 0.6) is 0 Å². The molecule has 0 amide bonds. The molecule has 1 aromatic carbocycles. The van der Waals surface area contributed by atoms with E-state index in [9.17, 15) is 13.6 Å². The smallest absolute Gasteiger partial charge is 0.347 e. The van der Waals surface area contributed by atoms with Gasteiger partial charge in [0.1, 0.15) is 4.88 Å². The van der Waals surface area contributed by atoms with Gasteiger partial charge in [0, 0.05) is 6.54 Å². The van der Waals surface area contributed by atoms with Crippen LogP contribution in [-0.2, 0) is 6.54 Å². The summed E-state index contributed by atoms with van der Waals surface area (Å²) < 4.78 is 25.7. The number of nitrogens with one attached hydrogen (secondary N) is 1. The quantitative estimate of drug-likeness (QED) is 0.906. The zero-order valence-corrected chi connectivity index (χ0v) is 10.7. The lowest BCUT2D eigenvalue weighted by Gasteiger charge is -2.03. The molecule has 2 N–H and O–H groups in total. The van der Waals surface area contributed by atoms with Crippen molar-refractivity contribution in [3.8, 4) is 0 Å². The molecular weight excluding hydrogens is 274 g/mol. The molecule has 2 rings (SSSR count). The zero-order valence-electron chi connectivity index (χ0n) is 9.91. The largest absolute Gasteiger partial charge is 0.477 e. The summed E-state index contributed by atoms with van der Waals surface area (Å²) in [6.45, 7) is 1.84. The van der Waals surface area contributed by atoms with Gasteiger partial charge in [0.2, 0.25) is 0 Å². The van der Waals surface area contributed by atoms with Gasteiger partial charge < -0.3 is 10.4 Å². The Kier molecular flexibility index (Phi) is 3.75. The lowest BCUT2D eigenvalue weighted by Crippen LogP contribution is -2.00. The maximum absolute atomic E-state index is 13.0. The van der Waals surface area contributed by atoms with Gasteiger partial charge in [0.05, 0.1) is 5.69 Å². The van der Waals surface area contributed by atoms with E-state index in [-0.39, 0.29) is 11.4 Å². The molecule has 0 unspecified atom stereocenters. The summed E-state index contributed by atoms with van der Waals surface area (Å²) in [5, 5.41) is 12.2. The first kappa shape index (κ1) is 13.4. The summed E-state index contributed by atoms with van der Waals surface area (Å²) in [5.41, 5.74) is 0.967. The van der Waals surface area contributed by atoms with Crippen LogP contribution in [0.2, 0.25) is 0 Å². The van der Waals surface area contributed by atoms with Crippen LogP contribution in [0, 0.1) is 18.6 Å². The standard InChI is InChI=1S/C12H10F2N2O2S/c1-6-10(11(17)18)19-12(16-6)15-5-7-2-3-8(13)9(14)4-7/h2-4H,5H2,1H3,(H,15,16)(H,17,18). The van der Waals surface area contributed by atoms with Gasteiger partial charge in [-0.05, 0) is 24.6 Å². The number of nitrogens with zero attached hydrogens (tertiary/aromatic N) is 1. The highest BCUT2D eigenvalue weighted by Gasteiger charge is 2.13. The van der Waals surface area contributed by atoms with Gasteiger partial charge >= 0.3 is 5.97 Å². The van der Waals surface area contributed by atoms with E-state index in [2.05, 4.69) is 10.3 Å². The molecule has 0 atom stereocenters. The molecule has 7 heteroatoms. The number of carboxylic acids is 1. The van der Waals surface area contributed by atoms with E-state index in [1.54, 1.807) is 6.92 Å². The highest BCUT2D eigenvalue weighted by molar-refractivity contribution is 7.17. The number of halogens is 2. The number of hydrogen-bond donors (Lipinski definition) is 2. The summed E-state index contributed by atoms with van der Waals surface area (Å²) in [6.07, 6.45) is 0. The fourth-order valence-corrected chi connectivity index (χ4v) is 2.30. The van der Waals surface area contributed by atoms with Crippen LogP contribution in [-0.4, -0.2) is 16.1 Å². The fraction of sp³-hybridized carbons (Fsp3) is 0.167. The van der Waals surface area contributed by atoms with Crippen molar-refractivity contribution in [2.75, 3.05) is 5.32 Å². The van der Waals surface area contributed by atoms with E-state index in [4.69, 9.17) is 5.11 Å². The van der Waals surface area contributed by atoms with Crippen LogP contribution in [0.3, 0.4) is 0 Å². The first-order chi connectivity index (χ1) is 8.97. The van der Waals surface area contributed by atoms with Crippen LogP contribution in [0.1, 0.15) is 20.9 Å². The van der Waals surface area contributed by atoms with Crippen LogP contribution in [0.25, 0.3) is 0 Å². The zero-order chi connectivity index (χ0) is 14.0. The molecule has 0 spiro atoms. The summed E-state index contributed by atoms with van der Waals surface area (Å²) >= 11 is 1.00. The number of aromatic nitrogens is 1. The minimum absolute atomic E-state index is 0.160. The number of carbonyl (C=O) groups is 1. The van der Waals surface area contributed by atoms with Crippen LogP contribution in [0.15, 0.2) is 18.2 Å². The Hall–Kier alpha value is -2.02. The third kappa shape index (κ3) is 3.05. The highest BCUT2D eigenvalue weighted by atomic mass is 32.1. The number of thiazole rings is 1. The van der Waals surface area contributed by atoms with Gasteiger partial charge in [0.25, 0.3) is 0 Å². The number of rotatable bonds is 4. The molecule has 0 fully saturated rings. The van der Waals surface area contributed by atoms with E-state index >= 15 is 0 Å². The van der Waals surface area contributed by atoms with Gasteiger partial charge in [-0.3, -0.25) is 0 Å². The Morgan fingerprint density at radius 1 is 1.42 bits per heavy atom. The number of carboxylic acid groups (broad SMARTS) is 1. The molecule has 4 nitrogen and oxygen atoms in total. The number of aromatic carboxylic acids is 1. The predicted molar refractivity (Wildman–Crippen MR) is 67.5 cm³/mol. The number of anilines is 1. The number of benzene rings is 1. The molecule has 1 aromatic heterocycles. The monoisotopic (exact) mass is 284 g/mol. The van der Waals surface area contributed by atoms with Gasteiger partial charge in [-0.1, -0.05) is 17.4 Å². The molecule has 0 aliphatic heterocycles.